The second-order valence-electron chi connectivity index (χ2n) is 7.20. The molecule has 1 saturated heterocycles. The zero-order valence-electron chi connectivity index (χ0n) is 16.6. The fourth-order valence-electron chi connectivity index (χ4n) is 3.55. The SMILES string of the molecule is CCCC[C@@H]1C(=O)N([C@@H](C)c2ccccc2)CN1C(=O)OCc1ccccc1. The van der Waals surface area contributed by atoms with Crippen molar-refractivity contribution in [3.05, 3.63) is 71.8 Å². The Labute approximate surface area is 166 Å². The van der Waals surface area contributed by atoms with Gasteiger partial charge < -0.3 is 9.64 Å². The number of hydrogen-bond donors (Lipinski definition) is 0. The third-order valence-corrected chi connectivity index (χ3v) is 5.27. The fraction of sp³-hybridized carbons (Fsp3) is 0.391. The highest BCUT2D eigenvalue weighted by molar-refractivity contribution is 5.89. The van der Waals surface area contributed by atoms with E-state index in [1.165, 1.54) is 0 Å². The summed E-state index contributed by atoms with van der Waals surface area (Å²) in [6.07, 6.45) is 2.10. The number of carbonyl (C=O) groups is 2. The molecule has 0 bridgehead atoms. The van der Waals surface area contributed by atoms with Crippen LogP contribution in [-0.4, -0.2) is 34.5 Å². The largest absolute Gasteiger partial charge is 0.444 e. The van der Waals surface area contributed by atoms with E-state index in [2.05, 4.69) is 6.92 Å². The summed E-state index contributed by atoms with van der Waals surface area (Å²) in [6, 6.07) is 18.9. The number of rotatable bonds is 7. The number of benzene rings is 2. The number of carbonyl (C=O) groups excluding carboxylic acids is 2. The molecule has 0 aliphatic carbocycles. The summed E-state index contributed by atoms with van der Waals surface area (Å²) in [4.78, 5) is 29.2. The summed E-state index contributed by atoms with van der Waals surface area (Å²) in [5.41, 5.74) is 1.99. The van der Waals surface area contributed by atoms with Gasteiger partial charge in [0.2, 0.25) is 5.91 Å². The molecule has 0 saturated carbocycles. The first-order valence-corrected chi connectivity index (χ1v) is 9.94. The van der Waals surface area contributed by atoms with Gasteiger partial charge in [-0.3, -0.25) is 9.69 Å². The van der Waals surface area contributed by atoms with Gasteiger partial charge in [0.15, 0.2) is 0 Å². The zero-order valence-corrected chi connectivity index (χ0v) is 16.6. The number of nitrogens with zero attached hydrogens (tertiary/aromatic N) is 2. The van der Waals surface area contributed by atoms with Gasteiger partial charge in [-0.15, -0.1) is 0 Å². The Morgan fingerprint density at radius 1 is 1.11 bits per heavy atom. The van der Waals surface area contributed by atoms with Crippen LogP contribution in [0, 0.1) is 0 Å². The maximum atomic E-state index is 13.1. The molecular formula is C23H28N2O3. The lowest BCUT2D eigenvalue weighted by Crippen LogP contribution is -2.38. The predicted molar refractivity (Wildman–Crippen MR) is 108 cm³/mol. The first-order valence-electron chi connectivity index (χ1n) is 9.94. The van der Waals surface area contributed by atoms with Crippen molar-refractivity contribution in [2.24, 2.45) is 0 Å². The number of hydrogen-bond acceptors (Lipinski definition) is 3. The molecule has 2 atom stereocenters. The van der Waals surface area contributed by atoms with Gasteiger partial charge in [0, 0.05) is 0 Å². The molecular weight excluding hydrogens is 352 g/mol. The van der Waals surface area contributed by atoms with E-state index in [9.17, 15) is 9.59 Å². The van der Waals surface area contributed by atoms with Crippen molar-refractivity contribution in [3.8, 4) is 0 Å². The van der Waals surface area contributed by atoms with Crippen molar-refractivity contribution in [2.75, 3.05) is 6.67 Å². The Morgan fingerprint density at radius 3 is 2.39 bits per heavy atom. The molecule has 1 fully saturated rings. The van der Waals surface area contributed by atoms with Gasteiger partial charge in [0.1, 0.15) is 19.3 Å². The number of unbranched alkanes of at least 4 members (excludes halogenated alkanes) is 1. The number of ether oxygens (including phenoxy) is 1. The highest BCUT2D eigenvalue weighted by Crippen LogP contribution is 2.29. The lowest BCUT2D eigenvalue weighted by atomic mass is 10.1. The van der Waals surface area contributed by atoms with Crippen molar-refractivity contribution >= 4 is 12.0 Å². The van der Waals surface area contributed by atoms with Gasteiger partial charge in [-0.25, -0.2) is 4.79 Å². The minimum atomic E-state index is -0.450. The van der Waals surface area contributed by atoms with Crippen LogP contribution < -0.4 is 0 Å². The summed E-state index contributed by atoms with van der Waals surface area (Å²) in [5.74, 6) is 0.00136. The van der Waals surface area contributed by atoms with Crippen LogP contribution in [0.5, 0.6) is 0 Å². The second-order valence-corrected chi connectivity index (χ2v) is 7.20. The van der Waals surface area contributed by atoms with Gasteiger partial charge >= 0.3 is 6.09 Å². The van der Waals surface area contributed by atoms with E-state index >= 15 is 0 Å². The molecule has 2 amide bonds. The van der Waals surface area contributed by atoms with E-state index < -0.39 is 12.1 Å². The lowest BCUT2D eigenvalue weighted by Gasteiger charge is -2.25. The molecule has 5 nitrogen and oxygen atoms in total. The summed E-state index contributed by atoms with van der Waals surface area (Å²) in [6.45, 7) is 4.56. The van der Waals surface area contributed by atoms with Crippen molar-refractivity contribution in [1.82, 2.24) is 9.80 Å². The average molecular weight is 380 g/mol. The van der Waals surface area contributed by atoms with E-state index in [0.29, 0.717) is 6.42 Å². The summed E-state index contributed by atoms with van der Waals surface area (Å²) >= 11 is 0. The van der Waals surface area contributed by atoms with E-state index in [0.717, 1.165) is 24.0 Å². The number of amides is 2. The van der Waals surface area contributed by atoms with Crippen LogP contribution in [-0.2, 0) is 16.1 Å². The monoisotopic (exact) mass is 380 g/mol. The third kappa shape index (κ3) is 4.53. The molecule has 2 aromatic carbocycles. The first kappa shape index (κ1) is 19.9. The zero-order chi connectivity index (χ0) is 19.9. The van der Waals surface area contributed by atoms with Crippen molar-refractivity contribution in [1.29, 1.82) is 0 Å². The molecule has 5 heteroatoms. The normalized spacial score (nSPS) is 17.6. The van der Waals surface area contributed by atoms with Crippen molar-refractivity contribution in [3.63, 3.8) is 0 Å². The second kappa shape index (κ2) is 9.40. The van der Waals surface area contributed by atoms with Gasteiger partial charge in [-0.05, 0) is 24.5 Å². The van der Waals surface area contributed by atoms with E-state index in [1.807, 2.05) is 67.6 Å². The van der Waals surface area contributed by atoms with Gasteiger partial charge in [0.25, 0.3) is 0 Å². The van der Waals surface area contributed by atoms with E-state index in [-0.39, 0.29) is 25.2 Å². The van der Waals surface area contributed by atoms with Crippen LogP contribution in [0.15, 0.2) is 60.7 Å². The van der Waals surface area contributed by atoms with E-state index in [4.69, 9.17) is 4.74 Å². The van der Waals surface area contributed by atoms with Crippen LogP contribution in [0.4, 0.5) is 4.79 Å². The summed E-state index contributed by atoms with van der Waals surface area (Å²) < 4.78 is 5.51. The van der Waals surface area contributed by atoms with E-state index in [1.54, 1.807) is 9.80 Å². The predicted octanol–water partition coefficient (Wildman–Crippen LogP) is 4.74. The maximum absolute atomic E-state index is 13.1. The topological polar surface area (TPSA) is 49.9 Å². The van der Waals surface area contributed by atoms with Crippen LogP contribution in [0.1, 0.15) is 50.3 Å². The minimum Gasteiger partial charge on any atom is -0.444 e. The van der Waals surface area contributed by atoms with Crippen LogP contribution in [0.2, 0.25) is 0 Å². The molecule has 28 heavy (non-hydrogen) atoms. The Morgan fingerprint density at radius 2 is 1.75 bits per heavy atom. The molecule has 0 radical (unpaired) electrons. The molecule has 0 unspecified atom stereocenters. The Balaban J connectivity index is 1.72. The summed E-state index contributed by atoms with van der Waals surface area (Å²) in [7, 11) is 0. The maximum Gasteiger partial charge on any atom is 0.412 e. The highest BCUT2D eigenvalue weighted by Gasteiger charge is 2.43. The van der Waals surface area contributed by atoms with Crippen LogP contribution in [0.3, 0.4) is 0 Å². The first-order chi connectivity index (χ1) is 13.6. The molecule has 2 aromatic rings. The van der Waals surface area contributed by atoms with Crippen LogP contribution in [0.25, 0.3) is 0 Å². The fourth-order valence-corrected chi connectivity index (χ4v) is 3.55. The summed E-state index contributed by atoms with van der Waals surface area (Å²) in [5, 5.41) is 0. The molecule has 0 N–H and O–H groups in total. The standard InChI is InChI=1S/C23H28N2O3/c1-3-4-15-21-22(26)24(18(2)20-13-9-6-10-14-20)17-25(21)23(27)28-16-19-11-7-5-8-12-19/h5-14,18,21H,3-4,15-17H2,1-2H3/t18-,21+/m0/s1. The Bertz CT molecular complexity index is 779. The smallest absolute Gasteiger partial charge is 0.412 e. The average Bonchev–Trinajstić information content (AvgIpc) is 3.07. The minimum absolute atomic E-state index is 0.00136. The Kier molecular flexibility index (Phi) is 6.69. The highest BCUT2D eigenvalue weighted by atomic mass is 16.6. The van der Waals surface area contributed by atoms with Gasteiger partial charge in [0.05, 0.1) is 6.04 Å². The third-order valence-electron chi connectivity index (χ3n) is 5.27. The van der Waals surface area contributed by atoms with Crippen LogP contribution >= 0.6 is 0 Å². The van der Waals surface area contributed by atoms with Crippen molar-refractivity contribution in [2.45, 2.75) is 51.8 Å². The molecule has 1 heterocycles. The Hall–Kier alpha value is -2.82. The molecule has 1 aliphatic heterocycles. The molecule has 0 aromatic heterocycles. The van der Waals surface area contributed by atoms with Gasteiger partial charge in [-0.2, -0.15) is 0 Å². The molecule has 1 aliphatic rings. The lowest BCUT2D eigenvalue weighted by molar-refractivity contribution is -0.131. The quantitative estimate of drug-likeness (QED) is 0.697. The van der Waals surface area contributed by atoms with Crippen molar-refractivity contribution < 1.29 is 14.3 Å². The molecule has 0 spiro atoms. The molecule has 3 rings (SSSR count). The molecule has 148 valence electrons. The van der Waals surface area contributed by atoms with Gasteiger partial charge in [-0.1, -0.05) is 80.4 Å².